The number of carbonyl (C=O) groups excluding carboxylic acids is 2. The molecule has 1 aromatic carbocycles. The summed E-state index contributed by atoms with van der Waals surface area (Å²) in [6.45, 7) is 1.06. The maximum atomic E-state index is 13.0. The smallest absolute Gasteiger partial charge is 0.267 e. The lowest BCUT2D eigenvalue weighted by Crippen LogP contribution is -2.40. The Balaban J connectivity index is 1.52. The van der Waals surface area contributed by atoms with Gasteiger partial charge in [0.25, 0.3) is 5.91 Å². The number of nitrogens with one attached hydrogen (secondary N) is 2. The van der Waals surface area contributed by atoms with Gasteiger partial charge in [0.1, 0.15) is 17.3 Å². The molecule has 0 unspecified atom stereocenters. The van der Waals surface area contributed by atoms with Crippen LogP contribution in [0, 0.1) is 5.82 Å². The Kier molecular flexibility index (Phi) is 6.03. The second-order valence-corrected chi connectivity index (χ2v) is 5.90. The fraction of sp³-hybridized carbons (Fsp3) is 0.278. The summed E-state index contributed by atoms with van der Waals surface area (Å²) in [5, 5.41) is 11.2. The number of rotatable bonds is 7. The van der Waals surface area contributed by atoms with E-state index in [0.717, 1.165) is 5.56 Å². The SMILES string of the molecule is O=C(NCCNc1cnccn1)C1=NN(Cc2ccc(F)cc2)C(=O)CC1. The van der Waals surface area contributed by atoms with E-state index >= 15 is 0 Å². The molecule has 27 heavy (non-hydrogen) atoms. The largest absolute Gasteiger partial charge is 0.367 e. The molecule has 0 bridgehead atoms. The molecular weight excluding hydrogens is 351 g/mol. The Morgan fingerprint density at radius 1 is 1.15 bits per heavy atom. The molecule has 1 aromatic heterocycles. The number of hydrogen-bond donors (Lipinski definition) is 2. The highest BCUT2D eigenvalue weighted by atomic mass is 19.1. The van der Waals surface area contributed by atoms with Crippen molar-refractivity contribution in [2.45, 2.75) is 19.4 Å². The minimum absolute atomic E-state index is 0.166. The number of nitrogens with zero attached hydrogens (tertiary/aromatic N) is 4. The summed E-state index contributed by atoms with van der Waals surface area (Å²) in [5.74, 6) is -0.201. The number of carbonyl (C=O) groups is 2. The van der Waals surface area contributed by atoms with Crippen LogP contribution in [0.5, 0.6) is 0 Å². The van der Waals surface area contributed by atoms with Crippen LogP contribution in [0.3, 0.4) is 0 Å². The average Bonchev–Trinajstić information content (AvgIpc) is 2.69. The van der Waals surface area contributed by atoms with Crippen LogP contribution in [0.25, 0.3) is 0 Å². The molecule has 8 nitrogen and oxygen atoms in total. The molecule has 9 heteroatoms. The molecule has 0 saturated heterocycles. The quantitative estimate of drug-likeness (QED) is 0.716. The monoisotopic (exact) mass is 370 g/mol. The molecule has 2 heterocycles. The predicted octanol–water partition coefficient (Wildman–Crippen LogP) is 1.32. The first-order valence-electron chi connectivity index (χ1n) is 8.52. The van der Waals surface area contributed by atoms with Crippen LogP contribution in [-0.4, -0.2) is 45.6 Å². The number of hydrogen-bond acceptors (Lipinski definition) is 6. The molecule has 2 aromatic rings. The van der Waals surface area contributed by atoms with Gasteiger partial charge >= 0.3 is 0 Å². The number of anilines is 1. The lowest BCUT2D eigenvalue weighted by Gasteiger charge is -2.23. The summed E-state index contributed by atoms with van der Waals surface area (Å²) in [6, 6.07) is 5.83. The minimum atomic E-state index is -0.345. The van der Waals surface area contributed by atoms with Gasteiger partial charge in [0.2, 0.25) is 5.91 Å². The fourth-order valence-electron chi connectivity index (χ4n) is 2.51. The highest BCUT2D eigenvalue weighted by molar-refractivity contribution is 6.39. The molecule has 140 valence electrons. The zero-order valence-corrected chi connectivity index (χ0v) is 14.6. The summed E-state index contributed by atoms with van der Waals surface area (Å²) < 4.78 is 13.0. The van der Waals surface area contributed by atoms with Crippen molar-refractivity contribution in [3.05, 3.63) is 54.2 Å². The molecule has 1 aliphatic heterocycles. The Morgan fingerprint density at radius 2 is 1.96 bits per heavy atom. The first kappa shape index (κ1) is 18.4. The fourth-order valence-corrected chi connectivity index (χ4v) is 2.51. The molecule has 0 radical (unpaired) electrons. The van der Waals surface area contributed by atoms with Gasteiger partial charge in [-0.05, 0) is 17.7 Å². The summed E-state index contributed by atoms with van der Waals surface area (Å²) in [5.41, 5.74) is 1.04. The first-order valence-corrected chi connectivity index (χ1v) is 8.52. The molecule has 3 rings (SSSR count). The predicted molar refractivity (Wildman–Crippen MR) is 97.2 cm³/mol. The van der Waals surface area contributed by atoms with Crippen molar-refractivity contribution in [2.24, 2.45) is 5.10 Å². The molecule has 2 amide bonds. The first-order chi connectivity index (χ1) is 13.1. The van der Waals surface area contributed by atoms with Crippen molar-refractivity contribution in [1.29, 1.82) is 0 Å². The van der Waals surface area contributed by atoms with E-state index in [0.29, 0.717) is 31.0 Å². The number of aromatic nitrogens is 2. The van der Waals surface area contributed by atoms with Crippen molar-refractivity contribution >= 4 is 23.3 Å². The average molecular weight is 370 g/mol. The normalized spacial score (nSPS) is 13.9. The van der Waals surface area contributed by atoms with Gasteiger partial charge in [0.15, 0.2) is 0 Å². The van der Waals surface area contributed by atoms with Gasteiger partial charge in [-0.1, -0.05) is 12.1 Å². The minimum Gasteiger partial charge on any atom is -0.367 e. The molecule has 0 atom stereocenters. The molecular formula is C18H19FN6O2. The maximum Gasteiger partial charge on any atom is 0.267 e. The van der Waals surface area contributed by atoms with Crippen molar-refractivity contribution < 1.29 is 14.0 Å². The van der Waals surface area contributed by atoms with Gasteiger partial charge in [0.05, 0.1) is 12.7 Å². The highest BCUT2D eigenvalue weighted by Gasteiger charge is 2.24. The third-order valence-electron chi connectivity index (χ3n) is 3.89. The van der Waals surface area contributed by atoms with Gasteiger partial charge in [-0.15, -0.1) is 0 Å². The van der Waals surface area contributed by atoms with E-state index in [1.165, 1.54) is 17.1 Å². The lowest BCUT2D eigenvalue weighted by molar-refractivity contribution is -0.132. The van der Waals surface area contributed by atoms with Gasteiger partial charge in [-0.25, -0.2) is 14.4 Å². The maximum absolute atomic E-state index is 13.0. The number of amides is 2. The number of benzene rings is 1. The second kappa shape index (κ2) is 8.84. The summed E-state index contributed by atoms with van der Waals surface area (Å²) >= 11 is 0. The number of hydrazone groups is 1. The third kappa shape index (κ3) is 5.30. The lowest BCUT2D eigenvalue weighted by atomic mass is 10.1. The zero-order chi connectivity index (χ0) is 19.1. The van der Waals surface area contributed by atoms with E-state index in [-0.39, 0.29) is 30.6 Å². The van der Waals surface area contributed by atoms with Crippen LogP contribution in [0.1, 0.15) is 18.4 Å². The van der Waals surface area contributed by atoms with E-state index in [1.807, 2.05) is 0 Å². The topological polar surface area (TPSA) is 99.6 Å². The van der Waals surface area contributed by atoms with Crippen LogP contribution in [0.15, 0.2) is 48.0 Å². The Hall–Kier alpha value is -3.36. The van der Waals surface area contributed by atoms with Gasteiger partial charge < -0.3 is 10.6 Å². The zero-order valence-electron chi connectivity index (χ0n) is 14.6. The molecule has 0 spiro atoms. The van der Waals surface area contributed by atoms with E-state index < -0.39 is 0 Å². The van der Waals surface area contributed by atoms with Crippen LogP contribution < -0.4 is 10.6 Å². The second-order valence-electron chi connectivity index (χ2n) is 5.90. The van der Waals surface area contributed by atoms with Crippen molar-refractivity contribution in [3.8, 4) is 0 Å². The summed E-state index contributed by atoms with van der Waals surface area (Å²) in [4.78, 5) is 32.3. The molecule has 0 aliphatic carbocycles. The Morgan fingerprint density at radius 3 is 2.70 bits per heavy atom. The molecule has 0 saturated carbocycles. The van der Waals surface area contributed by atoms with E-state index in [4.69, 9.17) is 0 Å². The van der Waals surface area contributed by atoms with E-state index in [9.17, 15) is 14.0 Å². The Bertz CT molecular complexity index is 826. The van der Waals surface area contributed by atoms with E-state index in [1.54, 1.807) is 30.7 Å². The van der Waals surface area contributed by atoms with Gasteiger partial charge in [0, 0.05) is 38.3 Å². The Labute approximate surface area is 155 Å². The highest BCUT2D eigenvalue weighted by Crippen LogP contribution is 2.14. The van der Waals surface area contributed by atoms with Crippen LogP contribution in [-0.2, 0) is 16.1 Å². The van der Waals surface area contributed by atoms with Crippen molar-refractivity contribution in [2.75, 3.05) is 18.4 Å². The third-order valence-corrected chi connectivity index (χ3v) is 3.89. The van der Waals surface area contributed by atoms with Gasteiger partial charge in [-0.3, -0.25) is 14.6 Å². The number of halogens is 1. The summed E-state index contributed by atoms with van der Waals surface area (Å²) in [7, 11) is 0. The molecule has 1 aliphatic rings. The summed E-state index contributed by atoms with van der Waals surface area (Å²) in [6.07, 6.45) is 5.25. The molecule has 0 fully saturated rings. The van der Waals surface area contributed by atoms with Crippen molar-refractivity contribution in [1.82, 2.24) is 20.3 Å². The van der Waals surface area contributed by atoms with Gasteiger partial charge in [-0.2, -0.15) is 5.10 Å². The van der Waals surface area contributed by atoms with Crippen LogP contribution in [0.2, 0.25) is 0 Å². The van der Waals surface area contributed by atoms with Crippen LogP contribution in [0.4, 0.5) is 10.2 Å². The molecule has 2 N–H and O–H groups in total. The standard InChI is InChI=1S/C18H19FN6O2/c19-14-3-1-13(2-4-14)12-25-17(26)6-5-15(24-25)18(27)23-10-9-22-16-11-20-7-8-21-16/h1-4,7-8,11H,5-6,9-10,12H2,(H,21,22)(H,23,27). The van der Waals surface area contributed by atoms with Crippen molar-refractivity contribution in [3.63, 3.8) is 0 Å². The van der Waals surface area contributed by atoms with E-state index in [2.05, 4.69) is 25.7 Å². The van der Waals surface area contributed by atoms with Crippen LogP contribution >= 0.6 is 0 Å².